The van der Waals surface area contributed by atoms with Crippen LogP contribution in [0.4, 0.5) is 0 Å². The van der Waals surface area contributed by atoms with Crippen LogP contribution in [-0.4, -0.2) is 0 Å². The number of benzene rings is 1. The van der Waals surface area contributed by atoms with Crippen molar-refractivity contribution in [1.29, 1.82) is 0 Å². The molecule has 0 saturated carbocycles. The molecule has 1 atom stereocenters. The molecular weight excluding hydrogens is 196 g/mol. The number of hydrogen-bond acceptors (Lipinski definition) is 3. The summed E-state index contributed by atoms with van der Waals surface area (Å²) < 4.78 is 5.95. The van der Waals surface area contributed by atoms with Gasteiger partial charge in [0.05, 0.1) is 4.70 Å². The van der Waals surface area contributed by atoms with E-state index in [-0.39, 0.29) is 4.94 Å². The van der Waals surface area contributed by atoms with Gasteiger partial charge in [0.1, 0.15) is 5.58 Å². The second kappa shape index (κ2) is 3.58. The minimum absolute atomic E-state index is 0.221. The zero-order valence-electron chi connectivity index (χ0n) is 8.24. The average molecular weight is 208 g/mol. The van der Waals surface area contributed by atoms with Gasteiger partial charge in [-0.1, -0.05) is 31.3 Å². The van der Waals surface area contributed by atoms with Crippen LogP contribution in [0.25, 0.3) is 10.3 Å². The third-order valence-corrected chi connectivity index (χ3v) is 3.32. The van der Waals surface area contributed by atoms with Crippen LogP contribution in [0.15, 0.2) is 27.4 Å². The lowest BCUT2D eigenvalue weighted by atomic mass is 9.99. The lowest BCUT2D eigenvalue weighted by Crippen LogP contribution is -1.89. The van der Waals surface area contributed by atoms with Crippen LogP contribution >= 0.6 is 11.3 Å². The average Bonchev–Trinajstić information content (AvgIpc) is 2.55. The van der Waals surface area contributed by atoms with Crippen LogP contribution in [0.3, 0.4) is 0 Å². The fourth-order valence-electron chi connectivity index (χ4n) is 1.43. The van der Waals surface area contributed by atoms with Gasteiger partial charge < -0.3 is 4.42 Å². The zero-order valence-corrected chi connectivity index (χ0v) is 9.06. The standard InChI is InChI=1S/C11H12O2S/c1-3-7(2)8-4-5-9-10(6-8)14-11(12)13-9/h4-7H,3H2,1-2H3. The summed E-state index contributed by atoms with van der Waals surface area (Å²) in [6.45, 7) is 4.34. The quantitative estimate of drug-likeness (QED) is 0.757. The van der Waals surface area contributed by atoms with Crippen molar-refractivity contribution in [3.63, 3.8) is 0 Å². The Morgan fingerprint density at radius 2 is 2.29 bits per heavy atom. The largest absolute Gasteiger partial charge is 0.414 e. The Kier molecular flexibility index (Phi) is 2.42. The van der Waals surface area contributed by atoms with E-state index in [1.807, 2.05) is 12.1 Å². The molecule has 14 heavy (non-hydrogen) atoms. The Labute approximate surface area is 86.2 Å². The van der Waals surface area contributed by atoms with E-state index in [1.54, 1.807) is 0 Å². The van der Waals surface area contributed by atoms with Gasteiger partial charge in [-0.05, 0) is 30.0 Å². The van der Waals surface area contributed by atoms with Gasteiger partial charge in [-0.15, -0.1) is 0 Å². The van der Waals surface area contributed by atoms with Gasteiger partial charge in [0.15, 0.2) is 0 Å². The highest BCUT2D eigenvalue weighted by Gasteiger charge is 2.06. The molecule has 0 bridgehead atoms. The van der Waals surface area contributed by atoms with Gasteiger partial charge in [0.25, 0.3) is 0 Å². The Balaban J connectivity index is 2.55. The zero-order chi connectivity index (χ0) is 10.1. The molecule has 0 radical (unpaired) electrons. The van der Waals surface area contributed by atoms with Gasteiger partial charge in [0.2, 0.25) is 0 Å². The lowest BCUT2D eigenvalue weighted by Gasteiger charge is -2.07. The lowest BCUT2D eigenvalue weighted by molar-refractivity contribution is 0.585. The number of fused-ring (bicyclic) bond motifs is 1. The molecule has 74 valence electrons. The number of hydrogen-bond donors (Lipinski definition) is 0. The highest BCUT2D eigenvalue weighted by molar-refractivity contribution is 7.16. The molecule has 0 spiro atoms. The molecule has 1 unspecified atom stereocenters. The van der Waals surface area contributed by atoms with Crippen molar-refractivity contribution < 1.29 is 4.42 Å². The van der Waals surface area contributed by atoms with Crippen molar-refractivity contribution in [2.45, 2.75) is 26.2 Å². The second-order valence-electron chi connectivity index (χ2n) is 3.47. The molecule has 0 fully saturated rings. The van der Waals surface area contributed by atoms with Crippen LogP contribution in [0, 0.1) is 0 Å². The molecule has 1 aromatic carbocycles. The summed E-state index contributed by atoms with van der Waals surface area (Å²) in [7, 11) is 0. The van der Waals surface area contributed by atoms with Gasteiger partial charge >= 0.3 is 4.94 Å². The minimum atomic E-state index is -0.221. The minimum Gasteiger partial charge on any atom is -0.414 e. The first kappa shape index (κ1) is 9.46. The molecule has 3 heteroatoms. The Morgan fingerprint density at radius 3 is 3.00 bits per heavy atom. The summed E-state index contributed by atoms with van der Waals surface area (Å²) in [5.74, 6) is 0.539. The van der Waals surface area contributed by atoms with E-state index >= 15 is 0 Å². The fraction of sp³-hybridized carbons (Fsp3) is 0.364. The first-order chi connectivity index (χ1) is 6.70. The maximum atomic E-state index is 11.0. The predicted molar refractivity (Wildman–Crippen MR) is 59.1 cm³/mol. The molecule has 1 heterocycles. The van der Waals surface area contributed by atoms with Crippen LogP contribution in [-0.2, 0) is 0 Å². The van der Waals surface area contributed by atoms with E-state index < -0.39 is 0 Å². The molecule has 0 N–H and O–H groups in total. The van der Waals surface area contributed by atoms with Crippen molar-refractivity contribution in [1.82, 2.24) is 0 Å². The van der Waals surface area contributed by atoms with E-state index in [1.165, 1.54) is 16.9 Å². The third kappa shape index (κ3) is 1.60. The van der Waals surface area contributed by atoms with Crippen molar-refractivity contribution in [3.05, 3.63) is 33.5 Å². The van der Waals surface area contributed by atoms with Gasteiger partial charge in [-0.25, -0.2) is 4.79 Å². The van der Waals surface area contributed by atoms with E-state index in [9.17, 15) is 4.79 Å². The summed E-state index contributed by atoms with van der Waals surface area (Å²) in [6, 6.07) is 5.97. The summed E-state index contributed by atoms with van der Waals surface area (Å²) >= 11 is 1.17. The summed E-state index contributed by atoms with van der Waals surface area (Å²) in [5.41, 5.74) is 1.98. The highest BCUT2D eigenvalue weighted by Crippen LogP contribution is 2.24. The van der Waals surface area contributed by atoms with Crippen LogP contribution < -0.4 is 4.94 Å². The van der Waals surface area contributed by atoms with Crippen molar-refractivity contribution in [2.24, 2.45) is 0 Å². The Morgan fingerprint density at radius 1 is 1.50 bits per heavy atom. The van der Waals surface area contributed by atoms with Gasteiger partial charge in [-0.3, -0.25) is 0 Å². The van der Waals surface area contributed by atoms with Crippen LogP contribution in [0.1, 0.15) is 31.7 Å². The molecule has 0 aliphatic rings. The normalized spacial score (nSPS) is 13.3. The molecule has 0 aliphatic heterocycles. The van der Waals surface area contributed by atoms with Crippen molar-refractivity contribution in [3.8, 4) is 0 Å². The monoisotopic (exact) mass is 208 g/mol. The van der Waals surface area contributed by atoms with E-state index in [0.717, 1.165) is 11.1 Å². The molecule has 2 nitrogen and oxygen atoms in total. The Hall–Kier alpha value is -1.09. The molecule has 0 saturated heterocycles. The molecular formula is C11H12O2S. The predicted octanol–water partition coefficient (Wildman–Crippen LogP) is 3.37. The summed E-state index contributed by atoms with van der Waals surface area (Å²) in [6.07, 6.45) is 1.11. The maximum absolute atomic E-state index is 11.0. The van der Waals surface area contributed by atoms with Gasteiger partial charge in [0, 0.05) is 0 Å². The molecule has 2 rings (SSSR count). The SMILES string of the molecule is CCC(C)c1ccc2oc(=O)sc2c1. The first-order valence-electron chi connectivity index (χ1n) is 4.74. The number of rotatable bonds is 2. The molecule has 1 aromatic heterocycles. The second-order valence-corrected chi connectivity index (χ2v) is 4.45. The summed E-state index contributed by atoms with van der Waals surface area (Å²) in [5, 5.41) is 0. The van der Waals surface area contributed by atoms with E-state index in [0.29, 0.717) is 11.5 Å². The van der Waals surface area contributed by atoms with Crippen LogP contribution in [0.5, 0.6) is 0 Å². The smallest absolute Gasteiger partial charge is 0.396 e. The summed E-state index contributed by atoms with van der Waals surface area (Å²) in [4.78, 5) is 10.8. The van der Waals surface area contributed by atoms with E-state index in [2.05, 4.69) is 19.9 Å². The van der Waals surface area contributed by atoms with Crippen LogP contribution in [0.2, 0.25) is 0 Å². The molecule has 0 aliphatic carbocycles. The van der Waals surface area contributed by atoms with E-state index in [4.69, 9.17) is 4.42 Å². The molecule has 2 aromatic rings. The third-order valence-electron chi connectivity index (χ3n) is 2.54. The Bertz CT molecular complexity index is 495. The first-order valence-corrected chi connectivity index (χ1v) is 5.56. The van der Waals surface area contributed by atoms with Crippen molar-refractivity contribution >= 4 is 21.6 Å². The highest BCUT2D eigenvalue weighted by atomic mass is 32.1. The fourth-order valence-corrected chi connectivity index (χ4v) is 2.15. The topological polar surface area (TPSA) is 30.2 Å². The maximum Gasteiger partial charge on any atom is 0.396 e. The molecule has 0 amide bonds. The van der Waals surface area contributed by atoms with Gasteiger partial charge in [-0.2, -0.15) is 0 Å². The van der Waals surface area contributed by atoms with Crippen molar-refractivity contribution in [2.75, 3.05) is 0 Å².